The molecule has 0 aliphatic heterocycles. The second-order valence-corrected chi connectivity index (χ2v) is 11.6. The van der Waals surface area contributed by atoms with E-state index in [1.54, 1.807) is 0 Å². The number of hydrogen-bond donors (Lipinski definition) is 1. The molecule has 4 rings (SSSR count). The number of likely N-dealkylation sites (N-methyl/N-ethyl adjacent to an activating group) is 1. The lowest BCUT2D eigenvalue weighted by Crippen LogP contribution is -2.32. The van der Waals surface area contributed by atoms with E-state index >= 15 is 0 Å². The van der Waals surface area contributed by atoms with Crippen LogP contribution < -0.4 is 9.62 Å². The van der Waals surface area contributed by atoms with Gasteiger partial charge in [0.25, 0.3) is 21.6 Å². The maximum Gasteiger partial charge on any atom is 0.270 e. The van der Waals surface area contributed by atoms with Crippen molar-refractivity contribution in [3.63, 3.8) is 0 Å². The molecular weight excluding hydrogens is 518 g/mol. The fourth-order valence-corrected chi connectivity index (χ4v) is 5.83. The summed E-state index contributed by atoms with van der Waals surface area (Å²) in [4.78, 5) is 34.2. The Hall–Kier alpha value is -3.86. The van der Waals surface area contributed by atoms with Gasteiger partial charge in [-0.3, -0.25) is 14.9 Å². The Morgan fingerprint density at radius 2 is 1.82 bits per heavy atom. The number of sulfonamides is 1. The van der Waals surface area contributed by atoms with Crippen molar-refractivity contribution < 1.29 is 18.1 Å². The lowest BCUT2D eigenvalue weighted by Gasteiger charge is -2.22. The molecule has 10 nitrogen and oxygen atoms in total. The van der Waals surface area contributed by atoms with Crippen LogP contribution in [0.2, 0.25) is 0 Å². The van der Waals surface area contributed by atoms with Crippen molar-refractivity contribution in [2.75, 3.05) is 18.5 Å². The van der Waals surface area contributed by atoms with E-state index in [0.717, 1.165) is 31.7 Å². The van der Waals surface area contributed by atoms with Crippen LogP contribution in [-0.2, 0) is 22.9 Å². The monoisotopic (exact) mass is 551 g/mol. The Morgan fingerprint density at radius 3 is 2.54 bits per heavy atom. The third-order valence-electron chi connectivity index (χ3n) is 7.10. The predicted octanol–water partition coefficient (Wildman–Crippen LogP) is 4.70. The standard InChI is InChI=1S/C28H33N5O5S/c1-32(18-17-22-11-6-3-7-12-22)28-29-20-25(26(30-28)16-15-21-9-4-2-5-10-21)27(34)31-39(37,38)24-14-8-13-23(19-24)33(35)36/h3,6-8,11-14,19-21H,2,4-5,9-10,15-18H2,1H3,(H,31,34). The number of nitrogens with one attached hydrogen (secondary N) is 1. The summed E-state index contributed by atoms with van der Waals surface area (Å²) in [5, 5.41) is 11.1. The fraction of sp³-hybridized carbons (Fsp3) is 0.393. The van der Waals surface area contributed by atoms with Gasteiger partial charge in [0.2, 0.25) is 5.95 Å². The molecule has 0 unspecified atom stereocenters. The number of nitrogens with zero attached hydrogens (tertiary/aromatic N) is 4. The minimum absolute atomic E-state index is 0.0834. The predicted molar refractivity (Wildman–Crippen MR) is 148 cm³/mol. The van der Waals surface area contributed by atoms with Crippen LogP contribution in [0.15, 0.2) is 65.7 Å². The van der Waals surface area contributed by atoms with E-state index in [1.807, 2.05) is 34.9 Å². The summed E-state index contributed by atoms with van der Waals surface area (Å²) in [6, 6.07) is 14.6. The van der Waals surface area contributed by atoms with Gasteiger partial charge in [0.05, 0.1) is 21.1 Å². The SMILES string of the molecule is CN(CCc1ccccc1)c1ncc(C(=O)NS(=O)(=O)c2cccc([N+](=O)[O-])c2)c(CCC2CCCCC2)n1. The first kappa shape index (κ1) is 28.2. The molecule has 1 fully saturated rings. The van der Waals surface area contributed by atoms with Crippen LogP contribution in [-0.4, -0.2) is 42.8 Å². The van der Waals surface area contributed by atoms with Crippen molar-refractivity contribution >= 4 is 27.6 Å². The van der Waals surface area contributed by atoms with Crippen molar-refractivity contribution in [1.82, 2.24) is 14.7 Å². The summed E-state index contributed by atoms with van der Waals surface area (Å²) in [6.45, 7) is 0.665. The van der Waals surface area contributed by atoms with E-state index in [-0.39, 0.29) is 16.1 Å². The molecule has 1 heterocycles. The van der Waals surface area contributed by atoms with E-state index in [1.165, 1.54) is 49.2 Å². The van der Waals surface area contributed by atoms with Gasteiger partial charge in [-0.25, -0.2) is 23.1 Å². The zero-order valence-corrected chi connectivity index (χ0v) is 22.8. The van der Waals surface area contributed by atoms with Gasteiger partial charge in [0, 0.05) is 31.9 Å². The summed E-state index contributed by atoms with van der Waals surface area (Å²) in [7, 11) is -2.47. The number of aromatic nitrogens is 2. The van der Waals surface area contributed by atoms with E-state index in [9.17, 15) is 23.3 Å². The van der Waals surface area contributed by atoms with E-state index in [4.69, 9.17) is 4.98 Å². The second kappa shape index (κ2) is 12.8. The highest BCUT2D eigenvalue weighted by molar-refractivity contribution is 7.90. The maximum absolute atomic E-state index is 13.2. The van der Waals surface area contributed by atoms with Gasteiger partial charge in [0.15, 0.2) is 0 Å². The molecule has 0 bridgehead atoms. The third kappa shape index (κ3) is 7.60. The van der Waals surface area contributed by atoms with E-state index in [2.05, 4.69) is 17.1 Å². The van der Waals surface area contributed by atoms with Crippen LogP contribution in [0.3, 0.4) is 0 Å². The smallest absolute Gasteiger partial charge is 0.270 e. The van der Waals surface area contributed by atoms with Gasteiger partial charge in [-0.1, -0.05) is 68.5 Å². The fourth-order valence-electron chi connectivity index (χ4n) is 4.83. The Bertz CT molecular complexity index is 1410. The molecule has 39 heavy (non-hydrogen) atoms. The first-order chi connectivity index (χ1) is 18.7. The van der Waals surface area contributed by atoms with Gasteiger partial charge >= 0.3 is 0 Å². The Kier molecular flexibility index (Phi) is 9.23. The molecule has 1 N–H and O–H groups in total. The van der Waals surface area contributed by atoms with Gasteiger partial charge in [0.1, 0.15) is 0 Å². The number of aryl methyl sites for hydroxylation is 1. The first-order valence-electron chi connectivity index (χ1n) is 13.2. The number of non-ortho nitro benzene ring substituents is 1. The molecular formula is C28H33N5O5S. The van der Waals surface area contributed by atoms with Crippen molar-refractivity contribution in [3.8, 4) is 0 Å². The molecule has 11 heteroatoms. The highest BCUT2D eigenvalue weighted by atomic mass is 32.2. The first-order valence-corrected chi connectivity index (χ1v) is 14.6. The second-order valence-electron chi connectivity index (χ2n) is 9.92. The Balaban J connectivity index is 1.55. The van der Waals surface area contributed by atoms with Crippen LogP contribution >= 0.6 is 0 Å². The molecule has 2 aromatic carbocycles. The summed E-state index contributed by atoms with van der Waals surface area (Å²) < 4.78 is 27.8. The molecule has 1 aromatic heterocycles. The number of nitro groups is 1. The van der Waals surface area contributed by atoms with Crippen LogP contribution in [0.5, 0.6) is 0 Å². The largest absolute Gasteiger partial charge is 0.344 e. The van der Waals surface area contributed by atoms with Crippen molar-refractivity contribution in [2.45, 2.75) is 56.3 Å². The van der Waals surface area contributed by atoms with E-state index < -0.39 is 20.9 Å². The number of carbonyl (C=O) groups excluding carboxylic acids is 1. The molecule has 0 spiro atoms. The van der Waals surface area contributed by atoms with Crippen LogP contribution in [0.1, 0.15) is 60.1 Å². The molecule has 0 radical (unpaired) electrons. The lowest BCUT2D eigenvalue weighted by atomic mass is 9.85. The number of nitro benzene ring substituents is 1. The van der Waals surface area contributed by atoms with Crippen LogP contribution in [0.25, 0.3) is 0 Å². The molecule has 1 aliphatic rings. The highest BCUT2D eigenvalue weighted by Gasteiger charge is 2.25. The van der Waals surface area contributed by atoms with Crippen molar-refractivity contribution in [3.05, 3.63) is 87.7 Å². The number of anilines is 1. The number of carbonyl (C=O) groups is 1. The highest BCUT2D eigenvalue weighted by Crippen LogP contribution is 2.28. The minimum Gasteiger partial charge on any atom is -0.344 e. The van der Waals surface area contributed by atoms with Crippen molar-refractivity contribution in [1.29, 1.82) is 0 Å². The summed E-state index contributed by atoms with van der Waals surface area (Å²) in [5.74, 6) is 0.138. The lowest BCUT2D eigenvalue weighted by molar-refractivity contribution is -0.385. The van der Waals surface area contributed by atoms with Crippen LogP contribution in [0, 0.1) is 16.0 Å². The molecule has 3 aromatic rings. The molecule has 206 valence electrons. The molecule has 1 amide bonds. The third-order valence-corrected chi connectivity index (χ3v) is 8.43. The van der Waals surface area contributed by atoms with Gasteiger partial charge in [-0.05, 0) is 36.8 Å². The summed E-state index contributed by atoms with van der Waals surface area (Å²) in [5.41, 5.74) is 1.37. The zero-order valence-electron chi connectivity index (χ0n) is 22.0. The quantitative estimate of drug-likeness (QED) is 0.268. The van der Waals surface area contributed by atoms with Crippen molar-refractivity contribution in [2.24, 2.45) is 5.92 Å². The number of amides is 1. The Labute approximate surface area is 228 Å². The maximum atomic E-state index is 13.2. The number of benzene rings is 2. The molecule has 0 saturated heterocycles. The van der Waals surface area contributed by atoms with Gasteiger partial charge in [-0.2, -0.15) is 0 Å². The average Bonchev–Trinajstić information content (AvgIpc) is 2.95. The van der Waals surface area contributed by atoms with Gasteiger partial charge in [-0.15, -0.1) is 0 Å². The number of rotatable bonds is 11. The normalized spacial score (nSPS) is 14.1. The zero-order chi connectivity index (χ0) is 27.8. The Morgan fingerprint density at radius 1 is 1.08 bits per heavy atom. The molecule has 0 atom stereocenters. The molecule has 1 aliphatic carbocycles. The summed E-state index contributed by atoms with van der Waals surface area (Å²) in [6.07, 6.45) is 9.43. The summed E-state index contributed by atoms with van der Waals surface area (Å²) >= 11 is 0. The minimum atomic E-state index is -4.35. The molecule has 1 saturated carbocycles. The number of hydrogen-bond acceptors (Lipinski definition) is 8. The van der Waals surface area contributed by atoms with Crippen LogP contribution in [0.4, 0.5) is 11.6 Å². The topological polar surface area (TPSA) is 135 Å². The average molecular weight is 552 g/mol. The van der Waals surface area contributed by atoms with Gasteiger partial charge < -0.3 is 4.90 Å². The van der Waals surface area contributed by atoms with E-state index in [0.29, 0.717) is 30.5 Å².